The summed E-state index contributed by atoms with van der Waals surface area (Å²) in [6, 6.07) is 18.2. The van der Waals surface area contributed by atoms with Crippen molar-refractivity contribution in [3.63, 3.8) is 0 Å². The van der Waals surface area contributed by atoms with Crippen LogP contribution in [-0.4, -0.2) is 17.5 Å². The number of ether oxygens (including phenoxy) is 2. The number of hydrogen-bond acceptors (Lipinski definition) is 4. The van der Waals surface area contributed by atoms with E-state index in [0.29, 0.717) is 18.6 Å². The highest BCUT2D eigenvalue weighted by molar-refractivity contribution is 5.50. The van der Waals surface area contributed by atoms with Gasteiger partial charge >= 0.3 is 0 Å². The summed E-state index contributed by atoms with van der Waals surface area (Å²) in [5.74, 6) is 7.92. The number of aliphatic hydroxyl groups is 1. The molecule has 2 aromatic rings. The van der Waals surface area contributed by atoms with Gasteiger partial charge in [0.2, 0.25) is 6.79 Å². The zero-order valence-corrected chi connectivity index (χ0v) is 16.6. The molecule has 1 heterocycles. The van der Waals surface area contributed by atoms with Gasteiger partial charge in [-0.15, -0.1) is 0 Å². The van der Waals surface area contributed by atoms with Crippen LogP contribution in [0.4, 0.5) is 0 Å². The molecule has 0 saturated heterocycles. The highest BCUT2D eigenvalue weighted by Crippen LogP contribution is 2.46. The van der Waals surface area contributed by atoms with Gasteiger partial charge in [-0.05, 0) is 54.9 Å². The van der Waals surface area contributed by atoms with Gasteiger partial charge in [0.1, 0.15) is 5.60 Å². The number of nitrogens with zero attached hydrogens (tertiary/aromatic N) is 1. The molecular weight excluding hydrogens is 362 g/mol. The molecule has 0 spiro atoms. The Balaban J connectivity index is 1.60. The second-order valence-corrected chi connectivity index (χ2v) is 7.97. The maximum absolute atomic E-state index is 11.5. The highest BCUT2D eigenvalue weighted by atomic mass is 16.7. The third-order valence-corrected chi connectivity index (χ3v) is 6.29. The quantitative estimate of drug-likeness (QED) is 0.777. The predicted octanol–water partition coefficient (Wildman–Crippen LogP) is 4.63. The lowest BCUT2D eigenvalue weighted by Crippen LogP contribution is -2.38. The predicted molar refractivity (Wildman–Crippen MR) is 110 cm³/mol. The van der Waals surface area contributed by atoms with E-state index in [1.54, 1.807) is 0 Å². The summed E-state index contributed by atoms with van der Waals surface area (Å²) in [5, 5.41) is 20.9. The Kier molecular flexibility index (Phi) is 5.47. The molecule has 1 N–H and O–H groups in total. The van der Waals surface area contributed by atoms with E-state index in [4.69, 9.17) is 9.47 Å². The van der Waals surface area contributed by atoms with Crippen molar-refractivity contribution in [3.05, 3.63) is 59.7 Å². The van der Waals surface area contributed by atoms with E-state index in [9.17, 15) is 10.4 Å². The van der Waals surface area contributed by atoms with Crippen LogP contribution >= 0.6 is 0 Å². The van der Waals surface area contributed by atoms with Crippen molar-refractivity contribution in [2.45, 2.75) is 44.1 Å². The molecule has 2 aromatic carbocycles. The third kappa shape index (κ3) is 3.95. The van der Waals surface area contributed by atoms with E-state index in [-0.39, 0.29) is 24.5 Å². The molecule has 0 amide bonds. The van der Waals surface area contributed by atoms with E-state index < -0.39 is 5.60 Å². The fourth-order valence-corrected chi connectivity index (χ4v) is 4.67. The van der Waals surface area contributed by atoms with Crippen LogP contribution in [0.25, 0.3) is 0 Å². The number of rotatable bonds is 4. The molecule has 1 aliphatic heterocycles. The van der Waals surface area contributed by atoms with Crippen molar-refractivity contribution in [1.82, 2.24) is 0 Å². The van der Waals surface area contributed by atoms with E-state index in [1.807, 2.05) is 36.4 Å². The summed E-state index contributed by atoms with van der Waals surface area (Å²) in [4.78, 5) is 0. The molecule has 0 radical (unpaired) electrons. The molecule has 4 rings (SSSR count). The first-order chi connectivity index (χ1) is 14.1. The van der Waals surface area contributed by atoms with Crippen LogP contribution in [0, 0.1) is 35.0 Å². The lowest BCUT2D eigenvalue weighted by molar-refractivity contribution is 0.0279. The molecule has 1 unspecified atom stereocenters. The number of benzene rings is 2. The fourth-order valence-electron chi connectivity index (χ4n) is 4.67. The molecule has 4 atom stereocenters. The summed E-state index contributed by atoms with van der Waals surface area (Å²) < 4.78 is 10.8. The fraction of sp³-hybridized carbons (Fsp3) is 0.400. The Morgan fingerprint density at radius 1 is 1.17 bits per heavy atom. The van der Waals surface area contributed by atoms with Crippen molar-refractivity contribution >= 4 is 0 Å². The Labute approximate surface area is 172 Å². The van der Waals surface area contributed by atoms with Gasteiger partial charge in [0.05, 0.1) is 6.07 Å². The molecule has 1 aliphatic carbocycles. The minimum absolute atomic E-state index is 0.0288. The standard InChI is InChI=1S/C25H25NO3/c1-18(20-6-3-2-4-7-20)21(12-15-26)22-8-5-13-25(22,27)14-11-19-9-10-23-24(16-19)29-17-28-23/h2-4,6-7,9-10,16,18,21-22,27H,5,8,12-13,17H2,1H3/t18-,21?,22+,25-/m0/s1. The first-order valence-electron chi connectivity index (χ1n) is 10.2. The van der Waals surface area contributed by atoms with Gasteiger partial charge in [0.15, 0.2) is 11.5 Å². The smallest absolute Gasteiger partial charge is 0.231 e. The van der Waals surface area contributed by atoms with Crippen LogP contribution in [0.2, 0.25) is 0 Å². The van der Waals surface area contributed by atoms with Gasteiger partial charge < -0.3 is 14.6 Å². The first-order valence-corrected chi connectivity index (χ1v) is 10.2. The molecule has 4 heteroatoms. The zero-order valence-electron chi connectivity index (χ0n) is 16.6. The largest absolute Gasteiger partial charge is 0.454 e. The van der Waals surface area contributed by atoms with E-state index in [1.165, 1.54) is 5.56 Å². The van der Waals surface area contributed by atoms with Gasteiger partial charge in [0, 0.05) is 17.9 Å². The molecule has 0 bridgehead atoms. The lowest BCUT2D eigenvalue weighted by Gasteiger charge is -2.35. The monoisotopic (exact) mass is 387 g/mol. The van der Waals surface area contributed by atoms with Crippen LogP contribution < -0.4 is 9.47 Å². The van der Waals surface area contributed by atoms with Gasteiger partial charge in [-0.25, -0.2) is 0 Å². The molecule has 1 saturated carbocycles. The van der Waals surface area contributed by atoms with Crippen molar-refractivity contribution in [3.8, 4) is 29.4 Å². The summed E-state index contributed by atoms with van der Waals surface area (Å²) in [7, 11) is 0. The summed E-state index contributed by atoms with van der Waals surface area (Å²) >= 11 is 0. The molecule has 0 aromatic heterocycles. The number of hydrogen-bond donors (Lipinski definition) is 1. The van der Waals surface area contributed by atoms with Crippen LogP contribution in [0.15, 0.2) is 48.5 Å². The van der Waals surface area contributed by atoms with E-state index >= 15 is 0 Å². The topological polar surface area (TPSA) is 62.5 Å². The van der Waals surface area contributed by atoms with Gasteiger partial charge in [0.25, 0.3) is 0 Å². The summed E-state index contributed by atoms with van der Waals surface area (Å²) in [6.45, 7) is 2.38. The summed E-state index contributed by atoms with van der Waals surface area (Å²) in [6.07, 6.45) is 2.85. The Bertz CT molecular complexity index is 969. The number of fused-ring (bicyclic) bond motifs is 1. The minimum atomic E-state index is -1.08. The average molecular weight is 387 g/mol. The second-order valence-electron chi connectivity index (χ2n) is 7.97. The van der Waals surface area contributed by atoms with Crippen molar-refractivity contribution in [2.75, 3.05) is 6.79 Å². The third-order valence-electron chi connectivity index (χ3n) is 6.29. The molecular formula is C25H25NO3. The van der Waals surface area contributed by atoms with Crippen molar-refractivity contribution in [1.29, 1.82) is 5.26 Å². The van der Waals surface area contributed by atoms with E-state index in [2.05, 4.69) is 37.0 Å². The molecule has 2 aliphatic rings. The maximum atomic E-state index is 11.5. The van der Waals surface area contributed by atoms with Gasteiger partial charge in [-0.1, -0.05) is 49.1 Å². The first kappa shape index (κ1) is 19.4. The zero-order chi connectivity index (χ0) is 20.3. The van der Waals surface area contributed by atoms with E-state index in [0.717, 1.165) is 24.2 Å². The molecule has 148 valence electrons. The second kappa shape index (κ2) is 8.19. The molecule has 1 fully saturated rings. The van der Waals surface area contributed by atoms with Crippen LogP contribution in [0.3, 0.4) is 0 Å². The Morgan fingerprint density at radius 2 is 1.97 bits per heavy atom. The lowest BCUT2D eigenvalue weighted by atomic mass is 9.71. The molecule has 29 heavy (non-hydrogen) atoms. The van der Waals surface area contributed by atoms with Gasteiger partial charge in [-0.3, -0.25) is 0 Å². The van der Waals surface area contributed by atoms with Crippen LogP contribution in [0.1, 0.15) is 49.7 Å². The van der Waals surface area contributed by atoms with Crippen molar-refractivity contribution < 1.29 is 14.6 Å². The normalized spacial score (nSPS) is 24.2. The van der Waals surface area contributed by atoms with Crippen molar-refractivity contribution in [2.24, 2.45) is 11.8 Å². The Morgan fingerprint density at radius 3 is 2.76 bits per heavy atom. The average Bonchev–Trinajstić information content (AvgIpc) is 3.37. The van der Waals surface area contributed by atoms with Crippen LogP contribution in [-0.2, 0) is 0 Å². The molecule has 4 nitrogen and oxygen atoms in total. The minimum Gasteiger partial charge on any atom is -0.454 e. The van der Waals surface area contributed by atoms with Gasteiger partial charge in [-0.2, -0.15) is 5.26 Å². The maximum Gasteiger partial charge on any atom is 0.231 e. The highest BCUT2D eigenvalue weighted by Gasteiger charge is 2.45. The summed E-state index contributed by atoms with van der Waals surface area (Å²) in [5.41, 5.74) is 0.910. The SMILES string of the molecule is C[C@@H](c1ccccc1)C(CC#N)[C@H]1CCC[C@]1(O)C#Cc1ccc2c(c1)OCO2. The Hall–Kier alpha value is -2.95. The van der Waals surface area contributed by atoms with Crippen LogP contribution in [0.5, 0.6) is 11.5 Å². The number of nitriles is 1.